The summed E-state index contributed by atoms with van der Waals surface area (Å²) < 4.78 is 48.1. The smallest absolute Gasteiger partial charge is 0.410 e. The molecule has 6 nitrogen and oxygen atoms in total. The lowest BCUT2D eigenvalue weighted by molar-refractivity contribution is -0.174. The monoisotopic (exact) mass is 600 g/mol. The van der Waals surface area contributed by atoms with E-state index in [1.165, 1.54) is 18.2 Å². The number of halogens is 7. The molecule has 0 saturated carbocycles. The van der Waals surface area contributed by atoms with Gasteiger partial charge in [-0.15, -0.1) is 0 Å². The minimum atomic E-state index is -4.60. The van der Waals surface area contributed by atoms with Gasteiger partial charge in [0.2, 0.25) is 0 Å². The lowest BCUT2D eigenvalue weighted by atomic mass is 10.0. The summed E-state index contributed by atoms with van der Waals surface area (Å²) in [5.74, 6) is -0.427. The van der Waals surface area contributed by atoms with Gasteiger partial charge in [0, 0.05) is 11.4 Å². The second-order valence-electron chi connectivity index (χ2n) is 6.67. The Labute approximate surface area is 200 Å². The number of carbonyl (C=O) groups excluding carboxylic acids is 1. The predicted octanol–water partition coefficient (Wildman–Crippen LogP) is 7.22. The molecule has 0 spiro atoms. The average Bonchev–Trinajstić information content (AvgIpc) is 3.27. The van der Waals surface area contributed by atoms with E-state index in [9.17, 15) is 18.0 Å². The molecular weight excluding hydrogens is 592 g/mol. The van der Waals surface area contributed by atoms with Gasteiger partial charge in [0.15, 0.2) is 16.4 Å². The summed E-state index contributed by atoms with van der Waals surface area (Å²) in [6, 6.07) is 4.86. The van der Waals surface area contributed by atoms with Crippen LogP contribution in [0.25, 0.3) is 0 Å². The number of amides is 1. The minimum absolute atomic E-state index is 0.00781. The Hall–Kier alpha value is -1.69. The van der Waals surface area contributed by atoms with Gasteiger partial charge in [0.05, 0.1) is 21.2 Å². The number of nitrogens with one attached hydrogen (secondary N) is 2. The van der Waals surface area contributed by atoms with Crippen molar-refractivity contribution in [3.05, 3.63) is 61.0 Å². The topological polar surface area (TPSA) is 72.1 Å². The Morgan fingerprint density at radius 2 is 2.00 bits per heavy atom. The van der Waals surface area contributed by atoms with Gasteiger partial charge in [-0.25, -0.2) is 4.68 Å². The van der Waals surface area contributed by atoms with E-state index >= 15 is 0 Å². The highest BCUT2D eigenvalue weighted by atomic mass is 79.9. The van der Waals surface area contributed by atoms with Gasteiger partial charge >= 0.3 is 6.18 Å². The van der Waals surface area contributed by atoms with Crippen molar-refractivity contribution >= 4 is 72.5 Å². The SMILES string of the molecule is O=C(Nc1cc(Cl)ccc1Cl)c1nn2c(c1Br)N[C@H](c1ccc(Br)o1)C[C@H]2C(F)(F)F. The first-order valence-corrected chi connectivity index (χ1v) is 11.0. The minimum Gasteiger partial charge on any atom is -0.452 e. The highest BCUT2D eigenvalue weighted by Crippen LogP contribution is 2.46. The van der Waals surface area contributed by atoms with Crippen LogP contribution in [0.15, 0.2) is 43.9 Å². The van der Waals surface area contributed by atoms with Crippen LogP contribution in [0.1, 0.15) is 34.8 Å². The van der Waals surface area contributed by atoms with Crippen LogP contribution in [0, 0.1) is 0 Å². The van der Waals surface area contributed by atoms with Gasteiger partial charge in [-0.1, -0.05) is 23.2 Å². The summed E-state index contributed by atoms with van der Waals surface area (Å²) in [5.41, 5.74) is -0.0373. The second-order valence-corrected chi connectivity index (χ2v) is 9.08. The molecule has 3 heterocycles. The molecule has 1 aliphatic rings. The highest BCUT2D eigenvalue weighted by Gasteiger charge is 2.48. The standard InChI is InChI=1S/C18H11Br2Cl2F3N4O2/c19-13-4-3-11(31-13)10-6-12(18(23,24)25)29-16(26-10)14(20)15(28-29)17(30)27-9-5-7(21)1-2-8(9)22/h1-5,10,12,26H,6H2,(H,27,30)/t10-,12-/m0/s1. The molecule has 2 aromatic heterocycles. The molecule has 1 aromatic carbocycles. The lowest BCUT2D eigenvalue weighted by Crippen LogP contribution is -2.35. The normalized spacial score (nSPS) is 18.4. The van der Waals surface area contributed by atoms with Gasteiger partial charge in [0.1, 0.15) is 11.6 Å². The average molecular weight is 603 g/mol. The Morgan fingerprint density at radius 3 is 2.65 bits per heavy atom. The third-order valence-corrected chi connectivity index (χ3v) is 6.37. The quantitative estimate of drug-likeness (QED) is 0.332. The summed E-state index contributed by atoms with van der Waals surface area (Å²) >= 11 is 18.3. The van der Waals surface area contributed by atoms with Gasteiger partial charge < -0.3 is 15.1 Å². The fraction of sp³-hybridized carbons (Fsp3) is 0.222. The zero-order valence-corrected chi connectivity index (χ0v) is 19.8. The molecule has 31 heavy (non-hydrogen) atoms. The van der Waals surface area contributed by atoms with E-state index in [2.05, 4.69) is 47.6 Å². The number of hydrogen-bond donors (Lipinski definition) is 2. The van der Waals surface area contributed by atoms with Gasteiger partial charge in [0.25, 0.3) is 5.91 Å². The molecule has 164 valence electrons. The van der Waals surface area contributed by atoms with E-state index in [0.717, 1.165) is 4.68 Å². The van der Waals surface area contributed by atoms with Crippen molar-refractivity contribution in [2.75, 3.05) is 10.6 Å². The molecule has 2 atom stereocenters. The Morgan fingerprint density at radius 1 is 1.26 bits per heavy atom. The molecule has 0 fully saturated rings. The molecule has 0 bridgehead atoms. The maximum Gasteiger partial charge on any atom is 0.410 e. The third-order valence-electron chi connectivity index (χ3n) is 4.62. The zero-order valence-electron chi connectivity index (χ0n) is 15.1. The van der Waals surface area contributed by atoms with Crippen molar-refractivity contribution in [2.24, 2.45) is 0 Å². The maximum absolute atomic E-state index is 13.8. The first-order chi connectivity index (χ1) is 14.5. The fourth-order valence-electron chi connectivity index (χ4n) is 3.21. The van der Waals surface area contributed by atoms with E-state index in [0.29, 0.717) is 15.5 Å². The van der Waals surface area contributed by atoms with Crippen LogP contribution in [0.5, 0.6) is 0 Å². The van der Waals surface area contributed by atoms with Gasteiger partial charge in [-0.2, -0.15) is 18.3 Å². The first-order valence-electron chi connectivity index (χ1n) is 8.67. The molecule has 4 rings (SSSR count). The van der Waals surface area contributed by atoms with Crippen LogP contribution < -0.4 is 10.6 Å². The molecule has 1 aliphatic heterocycles. The van der Waals surface area contributed by atoms with Crippen molar-refractivity contribution in [1.29, 1.82) is 0 Å². The largest absolute Gasteiger partial charge is 0.452 e. The van der Waals surface area contributed by atoms with Crippen molar-refractivity contribution < 1.29 is 22.4 Å². The Balaban J connectivity index is 1.71. The Bertz CT molecular complexity index is 1170. The van der Waals surface area contributed by atoms with Crippen LogP contribution in [-0.4, -0.2) is 21.9 Å². The number of carbonyl (C=O) groups is 1. The number of hydrogen-bond acceptors (Lipinski definition) is 4. The molecule has 3 aromatic rings. The maximum atomic E-state index is 13.8. The van der Waals surface area contributed by atoms with Gasteiger partial charge in [-0.3, -0.25) is 4.79 Å². The number of aromatic nitrogens is 2. The van der Waals surface area contributed by atoms with E-state index in [1.807, 2.05) is 0 Å². The third kappa shape index (κ3) is 4.46. The zero-order chi connectivity index (χ0) is 22.5. The van der Waals surface area contributed by atoms with Crippen molar-refractivity contribution in [2.45, 2.75) is 24.7 Å². The lowest BCUT2D eigenvalue weighted by Gasteiger charge is -2.32. The van der Waals surface area contributed by atoms with E-state index in [1.54, 1.807) is 12.1 Å². The molecule has 0 saturated heterocycles. The molecule has 0 radical (unpaired) electrons. The van der Waals surface area contributed by atoms with Crippen LogP contribution in [0.3, 0.4) is 0 Å². The number of benzene rings is 1. The highest BCUT2D eigenvalue weighted by molar-refractivity contribution is 9.10. The van der Waals surface area contributed by atoms with Crippen LogP contribution >= 0.6 is 55.1 Å². The predicted molar refractivity (Wildman–Crippen MR) is 117 cm³/mol. The number of alkyl halides is 3. The van der Waals surface area contributed by atoms with E-state index < -0.39 is 24.2 Å². The Kier molecular flexibility index (Phi) is 6.06. The number of anilines is 2. The van der Waals surface area contributed by atoms with Crippen molar-refractivity contribution in [1.82, 2.24) is 9.78 Å². The summed E-state index contributed by atoms with van der Waals surface area (Å²) in [6.07, 6.45) is -4.97. The number of fused-ring (bicyclic) bond motifs is 1. The molecule has 0 aliphatic carbocycles. The van der Waals surface area contributed by atoms with Crippen LogP contribution in [0.4, 0.5) is 24.7 Å². The molecule has 1 amide bonds. The van der Waals surface area contributed by atoms with Gasteiger partial charge in [-0.05, 0) is 62.2 Å². The van der Waals surface area contributed by atoms with E-state index in [-0.39, 0.29) is 33.1 Å². The summed E-state index contributed by atoms with van der Waals surface area (Å²) in [5, 5.41) is 9.97. The first kappa shape index (κ1) is 22.5. The molecular formula is C18H11Br2Cl2F3N4O2. The molecule has 13 heteroatoms. The molecule has 2 N–H and O–H groups in total. The summed E-state index contributed by atoms with van der Waals surface area (Å²) in [4.78, 5) is 12.8. The fourth-order valence-corrected chi connectivity index (χ4v) is 4.42. The summed E-state index contributed by atoms with van der Waals surface area (Å²) in [7, 11) is 0. The van der Waals surface area contributed by atoms with Crippen LogP contribution in [-0.2, 0) is 0 Å². The van der Waals surface area contributed by atoms with E-state index in [4.69, 9.17) is 27.6 Å². The van der Waals surface area contributed by atoms with Crippen LogP contribution in [0.2, 0.25) is 10.0 Å². The number of furan rings is 1. The number of nitrogens with zero attached hydrogens (tertiary/aromatic N) is 2. The van der Waals surface area contributed by atoms with Crippen molar-refractivity contribution in [3.63, 3.8) is 0 Å². The second kappa shape index (κ2) is 8.34. The van der Waals surface area contributed by atoms with Crippen molar-refractivity contribution in [3.8, 4) is 0 Å². The molecule has 0 unspecified atom stereocenters. The summed E-state index contributed by atoms with van der Waals surface area (Å²) in [6.45, 7) is 0. The number of rotatable bonds is 3.